The number of nitrogens with one attached hydrogen (secondary N) is 1. The Labute approximate surface area is 150 Å². The second kappa shape index (κ2) is 8.31. The molecule has 4 nitrogen and oxygen atoms in total. The molecule has 0 fully saturated rings. The molecule has 0 aliphatic heterocycles. The van der Waals surface area contributed by atoms with Crippen molar-refractivity contribution in [3.05, 3.63) is 50.9 Å². The fraction of sp³-hybridized carbons (Fsp3) is 0.333. The topological polar surface area (TPSA) is 55.4 Å². The van der Waals surface area contributed by atoms with Gasteiger partial charge in [0.1, 0.15) is 5.00 Å². The third-order valence-corrected chi connectivity index (χ3v) is 5.05. The van der Waals surface area contributed by atoms with Gasteiger partial charge in [0.15, 0.2) is 0 Å². The van der Waals surface area contributed by atoms with Crippen molar-refractivity contribution in [2.24, 2.45) is 0 Å². The average Bonchev–Trinajstić information content (AvgIpc) is 2.81. The minimum atomic E-state index is -0.396. The molecule has 0 atom stereocenters. The fourth-order valence-electron chi connectivity index (χ4n) is 2.26. The molecule has 0 bridgehead atoms. The van der Waals surface area contributed by atoms with E-state index in [1.807, 2.05) is 26.0 Å². The van der Waals surface area contributed by atoms with Crippen molar-refractivity contribution in [3.63, 3.8) is 0 Å². The molecule has 2 aromatic rings. The number of aryl methyl sites for hydroxylation is 2. The first-order chi connectivity index (χ1) is 11.4. The Morgan fingerprint density at radius 3 is 2.50 bits per heavy atom. The summed E-state index contributed by atoms with van der Waals surface area (Å²) in [4.78, 5) is 25.3. The molecule has 0 unspecified atom stereocenters. The number of halogens is 1. The van der Waals surface area contributed by atoms with Crippen molar-refractivity contribution in [2.45, 2.75) is 33.6 Å². The van der Waals surface area contributed by atoms with E-state index in [9.17, 15) is 9.59 Å². The van der Waals surface area contributed by atoms with Crippen LogP contribution in [0, 0.1) is 13.8 Å². The number of hydrogen-bond acceptors (Lipinski definition) is 4. The summed E-state index contributed by atoms with van der Waals surface area (Å²) in [5.41, 5.74) is 2.35. The van der Waals surface area contributed by atoms with Gasteiger partial charge in [-0.25, -0.2) is 4.79 Å². The minimum absolute atomic E-state index is 0.128. The Hall–Kier alpha value is -1.85. The number of thiophene rings is 1. The highest BCUT2D eigenvalue weighted by Crippen LogP contribution is 2.33. The normalized spacial score (nSPS) is 10.5. The zero-order valence-corrected chi connectivity index (χ0v) is 15.5. The van der Waals surface area contributed by atoms with E-state index in [2.05, 4.69) is 5.32 Å². The molecule has 1 aromatic heterocycles. The monoisotopic (exact) mass is 365 g/mol. The third-order valence-electron chi connectivity index (χ3n) is 3.67. The first-order valence-electron chi connectivity index (χ1n) is 7.73. The number of benzene rings is 1. The van der Waals surface area contributed by atoms with Crippen LogP contribution in [0.3, 0.4) is 0 Å². The lowest BCUT2D eigenvalue weighted by Gasteiger charge is -2.07. The lowest BCUT2D eigenvalue weighted by molar-refractivity contribution is -0.116. The minimum Gasteiger partial charge on any atom is -0.462 e. The number of anilines is 1. The number of esters is 1. The molecule has 0 saturated carbocycles. The lowest BCUT2D eigenvalue weighted by Crippen LogP contribution is -2.15. The van der Waals surface area contributed by atoms with Crippen LogP contribution in [0.1, 0.15) is 39.7 Å². The molecule has 1 heterocycles. The summed E-state index contributed by atoms with van der Waals surface area (Å²) in [6.45, 7) is 5.85. The van der Waals surface area contributed by atoms with Crippen LogP contribution in [-0.4, -0.2) is 18.5 Å². The van der Waals surface area contributed by atoms with Gasteiger partial charge in [0, 0.05) is 16.3 Å². The molecule has 6 heteroatoms. The van der Waals surface area contributed by atoms with Gasteiger partial charge in [-0.3, -0.25) is 4.79 Å². The molecular formula is C18H20ClNO3S. The average molecular weight is 366 g/mol. The van der Waals surface area contributed by atoms with E-state index in [-0.39, 0.29) is 5.91 Å². The molecule has 1 N–H and O–H groups in total. The van der Waals surface area contributed by atoms with Crippen LogP contribution in [0.4, 0.5) is 5.00 Å². The second-order valence-electron chi connectivity index (χ2n) is 5.38. The van der Waals surface area contributed by atoms with E-state index in [1.54, 1.807) is 19.1 Å². The largest absolute Gasteiger partial charge is 0.462 e. The molecule has 0 radical (unpaired) electrons. The maximum Gasteiger partial charge on any atom is 0.341 e. The highest BCUT2D eigenvalue weighted by molar-refractivity contribution is 7.16. The van der Waals surface area contributed by atoms with Crippen molar-refractivity contribution in [3.8, 4) is 0 Å². The maximum absolute atomic E-state index is 12.2. The number of amides is 1. The molecule has 2 rings (SSSR count). The third kappa shape index (κ3) is 4.58. The highest BCUT2D eigenvalue weighted by Gasteiger charge is 2.21. The standard InChI is InChI=1S/C18H20ClNO3S/c1-4-23-18(22)16-11(2)12(3)24-17(16)20-15(21)10-7-13-5-8-14(19)9-6-13/h5-6,8-9H,4,7,10H2,1-3H3,(H,20,21). The fourth-order valence-corrected chi connectivity index (χ4v) is 3.45. The Bertz CT molecular complexity index is 737. The van der Waals surface area contributed by atoms with E-state index in [0.29, 0.717) is 35.0 Å². The molecular weight excluding hydrogens is 346 g/mol. The Morgan fingerprint density at radius 1 is 1.21 bits per heavy atom. The molecule has 128 valence electrons. The summed E-state index contributed by atoms with van der Waals surface area (Å²) in [7, 11) is 0. The smallest absolute Gasteiger partial charge is 0.341 e. The Kier molecular flexibility index (Phi) is 6.40. The number of ether oxygens (including phenoxy) is 1. The van der Waals surface area contributed by atoms with Gasteiger partial charge < -0.3 is 10.1 Å². The van der Waals surface area contributed by atoms with Crippen LogP contribution in [0.5, 0.6) is 0 Å². The van der Waals surface area contributed by atoms with Gasteiger partial charge in [-0.05, 0) is 50.5 Å². The Morgan fingerprint density at radius 2 is 1.88 bits per heavy atom. The van der Waals surface area contributed by atoms with Crippen LogP contribution in [-0.2, 0) is 16.0 Å². The number of hydrogen-bond donors (Lipinski definition) is 1. The number of rotatable bonds is 6. The van der Waals surface area contributed by atoms with Crippen molar-refractivity contribution < 1.29 is 14.3 Å². The van der Waals surface area contributed by atoms with Crippen LogP contribution in [0.2, 0.25) is 5.02 Å². The summed E-state index contributed by atoms with van der Waals surface area (Å²) in [6.07, 6.45) is 0.945. The van der Waals surface area contributed by atoms with Crippen molar-refractivity contribution in [1.29, 1.82) is 0 Å². The molecule has 1 amide bonds. The Balaban J connectivity index is 2.04. The second-order valence-corrected chi connectivity index (χ2v) is 7.04. The zero-order valence-electron chi connectivity index (χ0n) is 13.9. The van der Waals surface area contributed by atoms with Crippen LogP contribution < -0.4 is 5.32 Å². The van der Waals surface area contributed by atoms with Crippen LogP contribution in [0.25, 0.3) is 0 Å². The molecule has 1 aromatic carbocycles. The van der Waals surface area contributed by atoms with Crippen LogP contribution >= 0.6 is 22.9 Å². The van der Waals surface area contributed by atoms with E-state index in [1.165, 1.54) is 11.3 Å². The van der Waals surface area contributed by atoms with Gasteiger partial charge in [-0.1, -0.05) is 23.7 Å². The van der Waals surface area contributed by atoms with E-state index in [4.69, 9.17) is 16.3 Å². The zero-order chi connectivity index (χ0) is 17.7. The van der Waals surface area contributed by atoms with Gasteiger partial charge in [-0.15, -0.1) is 11.3 Å². The molecule has 0 aliphatic rings. The van der Waals surface area contributed by atoms with E-state index in [0.717, 1.165) is 16.0 Å². The summed E-state index contributed by atoms with van der Waals surface area (Å²) in [5, 5.41) is 4.08. The van der Waals surface area contributed by atoms with Gasteiger partial charge in [0.05, 0.1) is 12.2 Å². The molecule has 0 aliphatic carbocycles. The summed E-state index contributed by atoms with van der Waals surface area (Å²) in [6, 6.07) is 7.41. The maximum atomic E-state index is 12.2. The van der Waals surface area contributed by atoms with Gasteiger partial charge in [0.25, 0.3) is 0 Å². The summed E-state index contributed by atoms with van der Waals surface area (Å²) < 4.78 is 5.09. The summed E-state index contributed by atoms with van der Waals surface area (Å²) >= 11 is 7.25. The SMILES string of the molecule is CCOC(=O)c1c(NC(=O)CCc2ccc(Cl)cc2)sc(C)c1C. The number of carbonyl (C=O) groups is 2. The first-order valence-corrected chi connectivity index (χ1v) is 8.93. The summed E-state index contributed by atoms with van der Waals surface area (Å²) in [5.74, 6) is -0.524. The van der Waals surface area contributed by atoms with E-state index >= 15 is 0 Å². The van der Waals surface area contributed by atoms with Crippen molar-refractivity contribution in [2.75, 3.05) is 11.9 Å². The van der Waals surface area contributed by atoms with Crippen molar-refractivity contribution >= 4 is 39.8 Å². The quantitative estimate of drug-likeness (QED) is 0.750. The van der Waals surface area contributed by atoms with Gasteiger partial charge in [-0.2, -0.15) is 0 Å². The van der Waals surface area contributed by atoms with Crippen LogP contribution in [0.15, 0.2) is 24.3 Å². The lowest BCUT2D eigenvalue weighted by atomic mass is 10.1. The molecule has 0 saturated heterocycles. The highest BCUT2D eigenvalue weighted by atomic mass is 35.5. The van der Waals surface area contributed by atoms with Crippen molar-refractivity contribution in [1.82, 2.24) is 0 Å². The first kappa shape index (κ1) is 18.5. The number of carbonyl (C=O) groups excluding carboxylic acids is 2. The van der Waals surface area contributed by atoms with Gasteiger partial charge in [0.2, 0.25) is 5.91 Å². The molecule has 0 spiro atoms. The van der Waals surface area contributed by atoms with Gasteiger partial charge >= 0.3 is 5.97 Å². The molecule has 24 heavy (non-hydrogen) atoms. The van der Waals surface area contributed by atoms with E-state index < -0.39 is 5.97 Å². The predicted molar refractivity (Wildman–Crippen MR) is 98.2 cm³/mol. The predicted octanol–water partition coefficient (Wildman–Crippen LogP) is 4.77.